The van der Waals surface area contributed by atoms with Gasteiger partial charge in [0, 0.05) is 10.6 Å². The van der Waals surface area contributed by atoms with Gasteiger partial charge in [-0.15, -0.1) is 0 Å². The molecule has 0 aliphatic heterocycles. The van der Waals surface area contributed by atoms with E-state index in [1.54, 1.807) is 18.2 Å². The lowest BCUT2D eigenvalue weighted by atomic mass is 10.1. The first-order chi connectivity index (χ1) is 7.78. The van der Waals surface area contributed by atoms with Crippen molar-refractivity contribution in [1.82, 2.24) is 5.32 Å². The number of carbonyl (C=O) groups is 1. The standard InChI is InChI=1S/C12H16Cl2N2O/c1-12(2,3)16-11(17)7-15-10-5-4-8(13)6-9(10)14/h4-6,15H,7H2,1-3H3,(H,16,17). The largest absolute Gasteiger partial charge is 0.375 e. The van der Waals surface area contributed by atoms with Crippen molar-refractivity contribution in [2.45, 2.75) is 26.3 Å². The van der Waals surface area contributed by atoms with E-state index >= 15 is 0 Å². The number of hydrogen-bond donors (Lipinski definition) is 2. The summed E-state index contributed by atoms with van der Waals surface area (Å²) in [4.78, 5) is 11.6. The molecule has 0 atom stereocenters. The predicted molar refractivity (Wildman–Crippen MR) is 72.8 cm³/mol. The SMILES string of the molecule is CC(C)(C)NC(=O)CNc1ccc(Cl)cc1Cl. The van der Waals surface area contributed by atoms with E-state index < -0.39 is 0 Å². The molecule has 0 aliphatic rings. The molecule has 0 saturated carbocycles. The van der Waals surface area contributed by atoms with Crippen LogP contribution in [0.5, 0.6) is 0 Å². The summed E-state index contributed by atoms with van der Waals surface area (Å²) in [6.07, 6.45) is 0. The molecule has 0 spiro atoms. The fourth-order valence-corrected chi connectivity index (χ4v) is 1.75. The van der Waals surface area contributed by atoms with Crippen LogP contribution in [0.4, 0.5) is 5.69 Å². The molecule has 1 aromatic rings. The van der Waals surface area contributed by atoms with Crippen molar-refractivity contribution < 1.29 is 4.79 Å². The summed E-state index contributed by atoms with van der Waals surface area (Å²) < 4.78 is 0. The molecule has 94 valence electrons. The molecule has 1 amide bonds. The highest BCUT2D eigenvalue weighted by molar-refractivity contribution is 6.36. The van der Waals surface area contributed by atoms with E-state index in [0.717, 1.165) is 0 Å². The third kappa shape index (κ3) is 5.29. The summed E-state index contributed by atoms with van der Waals surface area (Å²) in [6.45, 7) is 5.97. The number of rotatable bonds is 3. The van der Waals surface area contributed by atoms with Gasteiger partial charge < -0.3 is 10.6 Å². The molecule has 1 aromatic carbocycles. The van der Waals surface area contributed by atoms with Gasteiger partial charge in [-0.25, -0.2) is 0 Å². The zero-order chi connectivity index (χ0) is 13.1. The average Bonchev–Trinajstić information content (AvgIpc) is 2.13. The summed E-state index contributed by atoms with van der Waals surface area (Å²) in [7, 11) is 0. The van der Waals surface area contributed by atoms with Gasteiger partial charge in [0.15, 0.2) is 0 Å². The molecule has 17 heavy (non-hydrogen) atoms. The van der Waals surface area contributed by atoms with Crippen LogP contribution in [0.1, 0.15) is 20.8 Å². The molecule has 0 aromatic heterocycles. The van der Waals surface area contributed by atoms with Crippen LogP contribution in [-0.4, -0.2) is 18.0 Å². The Bertz CT molecular complexity index is 413. The molecule has 0 aliphatic carbocycles. The van der Waals surface area contributed by atoms with Crippen LogP contribution in [0.2, 0.25) is 10.0 Å². The van der Waals surface area contributed by atoms with Crippen LogP contribution in [0.25, 0.3) is 0 Å². The van der Waals surface area contributed by atoms with Crippen LogP contribution in [0.3, 0.4) is 0 Å². The monoisotopic (exact) mass is 274 g/mol. The maximum Gasteiger partial charge on any atom is 0.239 e. The Morgan fingerprint density at radius 3 is 2.47 bits per heavy atom. The van der Waals surface area contributed by atoms with Gasteiger partial charge in [-0.2, -0.15) is 0 Å². The lowest BCUT2D eigenvalue weighted by Gasteiger charge is -2.20. The van der Waals surface area contributed by atoms with Crippen molar-refractivity contribution in [2.24, 2.45) is 0 Å². The fourth-order valence-electron chi connectivity index (χ4n) is 1.27. The van der Waals surface area contributed by atoms with E-state index in [1.165, 1.54) is 0 Å². The summed E-state index contributed by atoms with van der Waals surface area (Å²) in [5.74, 6) is -0.0801. The first kappa shape index (κ1) is 14.1. The highest BCUT2D eigenvalue weighted by Crippen LogP contribution is 2.24. The highest BCUT2D eigenvalue weighted by Gasteiger charge is 2.13. The summed E-state index contributed by atoms with van der Waals surface area (Å²) in [6, 6.07) is 5.10. The Hall–Kier alpha value is -0.930. The van der Waals surface area contributed by atoms with Gasteiger partial charge in [0.25, 0.3) is 0 Å². The van der Waals surface area contributed by atoms with Gasteiger partial charge in [0.05, 0.1) is 17.3 Å². The number of nitrogens with one attached hydrogen (secondary N) is 2. The molecular formula is C12H16Cl2N2O. The van der Waals surface area contributed by atoms with E-state index in [-0.39, 0.29) is 18.0 Å². The van der Waals surface area contributed by atoms with Crippen molar-refractivity contribution >= 4 is 34.8 Å². The van der Waals surface area contributed by atoms with Crippen molar-refractivity contribution in [3.8, 4) is 0 Å². The van der Waals surface area contributed by atoms with Crippen molar-refractivity contribution in [3.05, 3.63) is 28.2 Å². The van der Waals surface area contributed by atoms with Crippen LogP contribution in [-0.2, 0) is 4.79 Å². The zero-order valence-corrected chi connectivity index (χ0v) is 11.6. The Labute approximate surface area is 111 Å². The highest BCUT2D eigenvalue weighted by atomic mass is 35.5. The first-order valence-electron chi connectivity index (χ1n) is 5.28. The quantitative estimate of drug-likeness (QED) is 0.888. The molecule has 0 unspecified atom stereocenters. The van der Waals surface area contributed by atoms with Gasteiger partial charge in [-0.3, -0.25) is 4.79 Å². The number of carbonyl (C=O) groups excluding carboxylic acids is 1. The minimum absolute atomic E-state index is 0.0801. The van der Waals surface area contributed by atoms with Crippen LogP contribution < -0.4 is 10.6 Å². The Balaban J connectivity index is 2.53. The van der Waals surface area contributed by atoms with Crippen molar-refractivity contribution in [3.63, 3.8) is 0 Å². The van der Waals surface area contributed by atoms with E-state index in [1.807, 2.05) is 20.8 Å². The minimum Gasteiger partial charge on any atom is -0.375 e. The van der Waals surface area contributed by atoms with Gasteiger partial charge in [-0.1, -0.05) is 23.2 Å². The molecular weight excluding hydrogens is 259 g/mol. The normalized spacial score (nSPS) is 11.1. The first-order valence-corrected chi connectivity index (χ1v) is 6.03. The Kier molecular flexibility index (Phi) is 4.66. The minimum atomic E-state index is -0.234. The molecule has 5 heteroatoms. The Morgan fingerprint density at radius 1 is 1.29 bits per heavy atom. The van der Waals surface area contributed by atoms with Gasteiger partial charge in [0.2, 0.25) is 5.91 Å². The van der Waals surface area contributed by atoms with Crippen molar-refractivity contribution in [2.75, 3.05) is 11.9 Å². The smallest absolute Gasteiger partial charge is 0.239 e. The summed E-state index contributed by atoms with van der Waals surface area (Å²) in [5.41, 5.74) is 0.461. The second-order valence-corrected chi connectivity index (χ2v) is 5.62. The Morgan fingerprint density at radius 2 is 1.94 bits per heavy atom. The number of amides is 1. The topological polar surface area (TPSA) is 41.1 Å². The maximum absolute atomic E-state index is 11.6. The fraction of sp³-hybridized carbons (Fsp3) is 0.417. The second-order valence-electron chi connectivity index (χ2n) is 4.78. The molecule has 0 fully saturated rings. The molecule has 0 radical (unpaired) electrons. The molecule has 0 heterocycles. The molecule has 0 saturated heterocycles. The summed E-state index contributed by atoms with van der Waals surface area (Å²) in [5, 5.41) is 6.88. The van der Waals surface area contributed by atoms with Gasteiger partial charge in [-0.05, 0) is 39.0 Å². The average molecular weight is 275 g/mol. The number of benzene rings is 1. The van der Waals surface area contributed by atoms with Crippen molar-refractivity contribution in [1.29, 1.82) is 0 Å². The third-order valence-corrected chi connectivity index (χ3v) is 2.43. The number of hydrogen-bond acceptors (Lipinski definition) is 2. The second kappa shape index (κ2) is 5.61. The van der Waals surface area contributed by atoms with E-state index in [2.05, 4.69) is 10.6 Å². The molecule has 0 bridgehead atoms. The maximum atomic E-state index is 11.6. The van der Waals surface area contributed by atoms with Gasteiger partial charge >= 0.3 is 0 Å². The number of halogens is 2. The predicted octanol–water partition coefficient (Wildman–Crippen LogP) is 3.32. The van der Waals surface area contributed by atoms with Crippen LogP contribution >= 0.6 is 23.2 Å². The zero-order valence-electron chi connectivity index (χ0n) is 10.1. The number of anilines is 1. The van der Waals surface area contributed by atoms with E-state index in [0.29, 0.717) is 15.7 Å². The third-order valence-electron chi connectivity index (χ3n) is 1.88. The van der Waals surface area contributed by atoms with E-state index in [4.69, 9.17) is 23.2 Å². The molecule has 2 N–H and O–H groups in total. The van der Waals surface area contributed by atoms with E-state index in [9.17, 15) is 4.79 Å². The molecule has 3 nitrogen and oxygen atoms in total. The van der Waals surface area contributed by atoms with Crippen LogP contribution in [0, 0.1) is 0 Å². The van der Waals surface area contributed by atoms with Crippen LogP contribution in [0.15, 0.2) is 18.2 Å². The van der Waals surface area contributed by atoms with Gasteiger partial charge in [0.1, 0.15) is 0 Å². The summed E-state index contributed by atoms with van der Waals surface area (Å²) >= 11 is 11.7. The lowest BCUT2D eigenvalue weighted by molar-refractivity contribution is -0.120. The lowest BCUT2D eigenvalue weighted by Crippen LogP contribution is -2.43. The molecule has 1 rings (SSSR count).